The van der Waals surface area contributed by atoms with Gasteiger partial charge in [-0.1, -0.05) is 41.9 Å². The Morgan fingerprint density at radius 1 is 1.11 bits per heavy atom. The summed E-state index contributed by atoms with van der Waals surface area (Å²) in [6.45, 7) is -0.575. The highest BCUT2D eigenvalue weighted by molar-refractivity contribution is 6.30. The maximum absolute atomic E-state index is 12.9. The highest BCUT2D eigenvalue weighted by Gasteiger charge is 2.32. The topological polar surface area (TPSA) is 51.5 Å². The summed E-state index contributed by atoms with van der Waals surface area (Å²) in [6.07, 6.45) is -5.22. The molecule has 0 saturated carbocycles. The largest absolute Gasteiger partial charge is 0.491 e. The van der Waals surface area contributed by atoms with Gasteiger partial charge in [-0.2, -0.15) is 13.2 Å². The lowest BCUT2D eigenvalue weighted by molar-refractivity contribution is -0.138. The highest BCUT2D eigenvalue weighted by Crippen LogP contribution is 2.29. The van der Waals surface area contributed by atoms with Gasteiger partial charge in [0.25, 0.3) is 5.56 Å². The Hall–Kier alpha value is -2.51. The van der Waals surface area contributed by atoms with E-state index in [9.17, 15) is 23.1 Å². The molecule has 1 atom stereocenters. The summed E-state index contributed by atoms with van der Waals surface area (Å²) in [5.41, 5.74) is -1.87. The summed E-state index contributed by atoms with van der Waals surface area (Å²) in [7, 11) is 0. The van der Waals surface area contributed by atoms with Crippen molar-refractivity contribution in [2.75, 3.05) is 6.61 Å². The Morgan fingerprint density at radius 3 is 2.52 bits per heavy atom. The minimum Gasteiger partial charge on any atom is -0.491 e. The SMILES string of the molecule is O=c1c(Cl)cc(C(F)(F)F)cn1CC(O)COc1ccc2ccccc2c1. The fourth-order valence-corrected chi connectivity index (χ4v) is 2.85. The molecule has 0 spiro atoms. The third kappa shape index (κ3) is 4.61. The number of pyridine rings is 1. The van der Waals surface area contributed by atoms with E-state index >= 15 is 0 Å². The number of hydrogen-bond donors (Lipinski definition) is 1. The van der Waals surface area contributed by atoms with E-state index in [1.165, 1.54) is 0 Å². The van der Waals surface area contributed by atoms with Gasteiger partial charge in [-0.3, -0.25) is 4.79 Å². The maximum atomic E-state index is 12.9. The van der Waals surface area contributed by atoms with Crippen LogP contribution in [0, 0.1) is 0 Å². The number of rotatable bonds is 5. The van der Waals surface area contributed by atoms with Gasteiger partial charge in [-0.25, -0.2) is 0 Å². The lowest BCUT2D eigenvalue weighted by Gasteiger charge is -2.16. The van der Waals surface area contributed by atoms with Crippen molar-refractivity contribution in [3.63, 3.8) is 0 Å². The van der Waals surface area contributed by atoms with Gasteiger partial charge in [0.15, 0.2) is 0 Å². The molecule has 0 aliphatic heterocycles. The summed E-state index contributed by atoms with van der Waals surface area (Å²) in [5, 5.41) is 11.5. The number of benzene rings is 2. The monoisotopic (exact) mass is 397 g/mol. The van der Waals surface area contributed by atoms with Gasteiger partial charge in [0.1, 0.15) is 23.5 Å². The van der Waals surface area contributed by atoms with Crippen molar-refractivity contribution in [2.45, 2.75) is 18.8 Å². The number of fused-ring (bicyclic) bond motifs is 1. The normalized spacial score (nSPS) is 12.9. The Bertz CT molecular complexity index is 1020. The average Bonchev–Trinajstić information content (AvgIpc) is 2.62. The summed E-state index contributed by atoms with van der Waals surface area (Å²) in [4.78, 5) is 11.9. The van der Waals surface area contributed by atoms with Crippen molar-refractivity contribution in [3.8, 4) is 5.75 Å². The van der Waals surface area contributed by atoms with Gasteiger partial charge in [0.2, 0.25) is 0 Å². The Labute approximate surface area is 157 Å². The fraction of sp³-hybridized carbons (Fsp3) is 0.211. The molecule has 0 saturated heterocycles. The molecule has 142 valence electrons. The number of aromatic nitrogens is 1. The first-order chi connectivity index (χ1) is 12.7. The number of aliphatic hydroxyl groups is 1. The van der Waals surface area contributed by atoms with E-state index in [0.717, 1.165) is 15.3 Å². The number of ether oxygens (including phenoxy) is 1. The van der Waals surface area contributed by atoms with E-state index in [1.54, 1.807) is 12.1 Å². The predicted molar refractivity (Wildman–Crippen MR) is 96.2 cm³/mol. The second-order valence-electron chi connectivity index (χ2n) is 6.01. The quantitative estimate of drug-likeness (QED) is 0.704. The van der Waals surface area contributed by atoms with Gasteiger partial charge in [0.05, 0.1) is 12.1 Å². The molecular weight excluding hydrogens is 383 g/mol. The minimum atomic E-state index is -4.65. The third-order valence-electron chi connectivity index (χ3n) is 3.94. The summed E-state index contributed by atoms with van der Waals surface area (Å²) in [6, 6.07) is 13.6. The molecule has 0 fully saturated rings. The molecule has 4 nitrogen and oxygen atoms in total. The maximum Gasteiger partial charge on any atom is 0.417 e. The van der Waals surface area contributed by atoms with Crippen LogP contribution in [-0.4, -0.2) is 22.4 Å². The van der Waals surface area contributed by atoms with Crippen LogP contribution in [-0.2, 0) is 12.7 Å². The summed E-state index contributed by atoms with van der Waals surface area (Å²) in [5.74, 6) is 0.502. The zero-order valence-corrected chi connectivity index (χ0v) is 14.7. The lowest BCUT2D eigenvalue weighted by atomic mass is 10.1. The molecule has 0 radical (unpaired) electrons. The van der Waals surface area contributed by atoms with E-state index in [0.29, 0.717) is 18.0 Å². The van der Waals surface area contributed by atoms with E-state index in [1.807, 2.05) is 30.3 Å². The molecule has 1 N–H and O–H groups in total. The highest BCUT2D eigenvalue weighted by atomic mass is 35.5. The summed E-state index contributed by atoms with van der Waals surface area (Å²) >= 11 is 5.59. The van der Waals surface area contributed by atoms with E-state index < -0.39 is 28.4 Å². The van der Waals surface area contributed by atoms with Gasteiger partial charge in [-0.15, -0.1) is 0 Å². The molecule has 1 heterocycles. The Morgan fingerprint density at radius 2 is 1.81 bits per heavy atom. The molecule has 3 aromatic rings. The van der Waals surface area contributed by atoms with Gasteiger partial charge in [0, 0.05) is 6.20 Å². The van der Waals surface area contributed by atoms with Crippen LogP contribution < -0.4 is 10.3 Å². The first-order valence-electron chi connectivity index (χ1n) is 8.01. The van der Waals surface area contributed by atoms with E-state index in [-0.39, 0.29) is 13.2 Å². The molecule has 27 heavy (non-hydrogen) atoms. The molecule has 0 amide bonds. The summed E-state index contributed by atoms with van der Waals surface area (Å²) < 4.78 is 44.8. The van der Waals surface area contributed by atoms with Crippen LogP contribution in [0.1, 0.15) is 5.56 Å². The number of halogens is 4. The van der Waals surface area contributed by atoms with Crippen molar-refractivity contribution in [1.82, 2.24) is 4.57 Å². The minimum absolute atomic E-state index is 0.196. The van der Waals surface area contributed by atoms with Gasteiger partial charge in [-0.05, 0) is 29.0 Å². The second-order valence-corrected chi connectivity index (χ2v) is 6.41. The van der Waals surface area contributed by atoms with Crippen LogP contribution in [0.15, 0.2) is 59.5 Å². The molecular formula is C19H15ClF3NO3. The van der Waals surface area contributed by atoms with Crippen LogP contribution in [0.3, 0.4) is 0 Å². The lowest BCUT2D eigenvalue weighted by Crippen LogP contribution is -2.31. The molecule has 0 aliphatic carbocycles. The van der Waals surface area contributed by atoms with Crippen LogP contribution >= 0.6 is 11.6 Å². The van der Waals surface area contributed by atoms with Crippen LogP contribution in [0.2, 0.25) is 5.02 Å². The Kier molecular flexibility index (Phi) is 5.43. The third-order valence-corrected chi connectivity index (χ3v) is 4.21. The zero-order valence-electron chi connectivity index (χ0n) is 13.9. The molecule has 8 heteroatoms. The van der Waals surface area contributed by atoms with Gasteiger partial charge < -0.3 is 14.4 Å². The number of aliphatic hydroxyl groups excluding tert-OH is 1. The van der Waals surface area contributed by atoms with Crippen molar-refractivity contribution in [3.05, 3.63) is 75.7 Å². The first kappa shape index (κ1) is 19.3. The fourth-order valence-electron chi connectivity index (χ4n) is 2.62. The number of hydrogen-bond acceptors (Lipinski definition) is 3. The molecule has 2 aromatic carbocycles. The zero-order chi connectivity index (χ0) is 19.6. The van der Waals surface area contributed by atoms with Crippen LogP contribution in [0.25, 0.3) is 10.8 Å². The van der Waals surface area contributed by atoms with Gasteiger partial charge >= 0.3 is 6.18 Å². The second kappa shape index (κ2) is 7.62. The van der Waals surface area contributed by atoms with Crippen molar-refractivity contribution >= 4 is 22.4 Å². The molecule has 3 rings (SSSR count). The Balaban J connectivity index is 1.71. The first-order valence-corrected chi connectivity index (χ1v) is 8.38. The van der Waals surface area contributed by atoms with Crippen molar-refractivity contribution in [1.29, 1.82) is 0 Å². The molecule has 1 aromatic heterocycles. The number of nitrogens with zero attached hydrogens (tertiary/aromatic N) is 1. The number of alkyl halides is 3. The predicted octanol–water partition coefficient (Wildman–Crippen LogP) is 4.11. The molecule has 0 aliphatic rings. The molecule has 1 unspecified atom stereocenters. The van der Waals surface area contributed by atoms with Crippen molar-refractivity contribution < 1.29 is 23.0 Å². The smallest absolute Gasteiger partial charge is 0.417 e. The standard InChI is InChI=1S/C19H15ClF3NO3/c20-17-8-14(19(21,22)23)9-24(18(17)26)10-15(25)11-27-16-6-5-12-3-1-2-4-13(12)7-16/h1-9,15,25H,10-11H2. The van der Waals surface area contributed by atoms with Crippen LogP contribution in [0.5, 0.6) is 5.75 Å². The average molecular weight is 398 g/mol. The molecule has 0 bridgehead atoms. The van der Waals surface area contributed by atoms with Crippen LogP contribution in [0.4, 0.5) is 13.2 Å². The van der Waals surface area contributed by atoms with E-state index in [2.05, 4.69) is 0 Å². The van der Waals surface area contributed by atoms with Crippen molar-refractivity contribution in [2.24, 2.45) is 0 Å². The van der Waals surface area contributed by atoms with E-state index in [4.69, 9.17) is 16.3 Å².